The van der Waals surface area contributed by atoms with Crippen molar-refractivity contribution >= 4 is 22.8 Å². The first-order chi connectivity index (χ1) is 14.7. The number of carbonyl (C=O) groups is 1. The fourth-order valence-electron chi connectivity index (χ4n) is 3.31. The number of aromatic nitrogens is 3. The maximum absolute atomic E-state index is 13.1. The number of rotatable bonds is 4. The highest BCUT2D eigenvalue weighted by Crippen LogP contribution is 2.31. The molecule has 5 rings (SSSR count). The number of hydrogen-bond acceptors (Lipinski definition) is 5. The average molecular weight is 396 g/mol. The molecular formula is C23H16N4O3. The number of carbonyl (C=O) groups excluding carboxylic acids is 1. The van der Waals surface area contributed by atoms with E-state index < -0.39 is 0 Å². The third-order valence-corrected chi connectivity index (χ3v) is 4.74. The standard InChI is InChI=1S/C23H16N4O3/c28-20-9-4-2-7-15(20)18-12-16(14-6-1-3-8-17(14)25-18)22(29)27-23-24-13-19(26-23)21-10-5-11-30-21/h1-13,28H,(H2,24,26,27,29). The van der Waals surface area contributed by atoms with Gasteiger partial charge in [0, 0.05) is 10.9 Å². The topological polar surface area (TPSA) is 104 Å². The zero-order chi connectivity index (χ0) is 20.5. The van der Waals surface area contributed by atoms with Crippen LogP contribution in [0.15, 0.2) is 83.6 Å². The van der Waals surface area contributed by atoms with Crippen molar-refractivity contribution in [2.24, 2.45) is 0 Å². The summed E-state index contributed by atoms with van der Waals surface area (Å²) in [5, 5.41) is 13.7. The number of imidazole rings is 1. The second-order valence-corrected chi connectivity index (χ2v) is 6.67. The van der Waals surface area contributed by atoms with Crippen molar-refractivity contribution in [1.29, 1.82) is 0 Å². The Kier molecular flexibility index (Phi) is 4.25. The number of H-pyrrole nitrogens is 1. The van der Waals surface area contributed by atoms with E-state index in [1.807, 2.05) is 30.3 Å². The number of nitrogens with one attached hydrogen (secondary N) is 2. The van der Waals surface area contributed by atoms with Gasteiger partial charge in [-0.3, -0.25) is 10.1 Å². The Labute approximate surface area is 171 Å². The molecule has 146 valence electrons. The number of hydrogen-bond donors (Lipinski definition) is 3. The Bertz CT molecular complexity index is 1360. The van der Waals surface area contributed by atoms with Crippen molar-refractivity contribution in [2.45, 2.75) is 0 Å². The van der Waals surface area contributed by atoms with Crippen LogP contribution < -0.4 is 5.32 Å². The Morgan fingerprint density at radius 3 is 2.70 bits per heavy atom. The molecule has 7 heteroatoms. The molecule has 3 aromatic heterocycles. The van der Waals surface area contributed by atoms with Gasteiger partial charge in [-0.25, -0.2) is 9.97 Å². The number of pyridine rings is 1. The summed E-state index contributed by atoms with van der Waals surface area (Å²) in [5.74, 6) is 0.682. The monoisotopic (exact) mass is 396 g/mol. The maximum atomic E-state index is 13.1. The number of amides is 1. The molecule has 0 fully saturated rings. The molecule has 3 heterocycles. The second kappa shape index (κ2) is 7.21. The number of anilines is 1. The van der Waals surface area contributed by atoms with Crippen LogP contribution >= 0.6 is 0 Å². The highest BCUT2D eigenvalue weighted by molar-refractivity contribution is 6.12. The predicted molar refractivity (Wildman–Crippen MR) is 113 cm³/mol. The van der Waals surface area contributed by atoms with Crippen molar-refractivity contribution in [3.05, 3.63) is 84.8 Å². The van der Waals surface area contributed by atoms with Crippen LogP contribution in [0.3, 0.4) is 0 Å². The van der Waals surface area contributed by atoms with E-state index in [9.17, 15) is 9.90 Å². The molecule has 7 nitrogen and oxygen atoms in total. The summed E-state index contributed by atoms with van der Waals surface area (Å²) < 4.78 is 5.34. The highest BCUT2D eigenvalue weighted by atomic mass is 16.3. The van der Waals surface area contributed by atoms with Gasteiger partial charge in [0.25, 0.3) is 5.91 Å². The molecule has 0 bridgehead atoms. The number of phenols is 1. The van der Waals surface area contributed by atoms with Gasteiger partial charge < -0.3 is 14.5 Å². The number of aromatic hydroxyl groups is 1. The van der Waals surface area contributed by atoms with Crippen LogP contribution in [-0.2, 0) is 0 Å². The minimum atomic E-state index is -0.342. The summed E-state index contributed by atoms with van der Waals surface area (Å²) in [5.41, 5.74) is 2.79. The van der Waals surface area contributed by atoms with Crippen molar-refractivity contribution in [3.63, 3.8) is 0 Å². The van der Waals surface area contributed by atoms with Gasteiger partial charge >= 0.3 is 0 Å². The molecule has 30 heavy (non-hydrogen) atoms. The number of aromatic amines is 1. The van der Waals surface area contributed by atoms with E-state index in [0.29, 0.717) is 45.1 Å². The Hall–Kier alpha value is -4.39. The molecule has 0 aliphatic heterocycles. The van der Waals surface area contributed by atoms with E-state index in [1.165, 1.54) is 0 Å². The average Bonchev–Trinajstić information content (AvgIpc) is 3.45. The Morgan fingerprint density at radius 1 is 1.03 bits per heavy atom. The van der Waals surface area contributed by atoms with Gasteiger partial charge in [-0.1, -0.05) is 30.3 Å². The SMILES string of the molecule is O=C(Nc1ncc(-c2ccco2)[nH]1)c1cc(-c2ccccc2O)nc2ccccc12. The summed E-state index contributed by atoms with van der Waals surface area (Å²) in [4.78, 5) is 25.0. The van der Waals surface area contributed by atoms with Gasteiger partial charge in [0.2, 0.25) is 5.95 Å². The molecule has 1 amide bonds. The van der Waals surface area contributed by atoms with Crippen LogP contribution in [0.1, 0.15) is 10.4 Å². The first-order valence-electron chi connectivity index (χ1n) is 9.27. The quantitative estimate of drug-likeness (QED) is 0.403. The number of benzene rings is 2. The van der Waals surface area contributed by atoms with Gasteiger partial charge in [-0.15, -0.1) is 0 Å². The normalized spacial score (nSPS) is 10.9. The third kappa shape index (κ3) is 3.18. The Balaban J connectivity index is 1.54. The van der Waals surface area contributed by atoms with E-state index in [1.54, 1.807) is 48.9 Å². The van der Waals surface area contributed by atoms with E-state index in [-0.39, 0.29) is 11.7 Å². The molecule has 0 aliphatic carbocycles. The highest BCUT2D eigenvalue weighted by Gasteiger charge is 2.17. The molecule has 0 saturated carbocycles. The van der Waals surface area contributed by atoms with Crippen LogP contribution in [0.5, 0.6) is 5.75 Å². The number of fused-ring (bicyclic) bond motifs is 1. The molecule has 3 N–H and O–H groups in total. The molecule has 0 radical (unpaired) electrons. The molecular weight excluding hydrogens is 380 g/mol. The fourth-order valence-corrected chi connectivity index (χ4v) is 3.31. The number of furan rings is 1. The predicted octanol–water partition coefficient (Wildman–Crippen LogP) is 4.84. The molecule has 0 spiro atoms. The van der Waals surface area contributed by atoms with Crippen LogP contribution in [-0.4, -0.2) is 26.0 Å². The number of phenolic OH excluding ortho intramolecular Hbond substituents is 1. The van der Waals surface area contributed by atoms with E-state index in [2.05, 4.69) is 20.3 Å². The summed E-state index contributed by atoms with van der Waals surface area (Å²) in [7, 11) is 0. The van der Waals surface area contributed by atoms with Crippen molar-refractivity contribution in [1.82, 2.24) is 15.0 Å². The van der Waals surface area contributed by atoms with Crippen LogP contribution in [0.2, 0.25) is 0 Å². The fraction of sp³-hybridized carbons (Fsp3) is 0. The van der Waals surface area contributed by atoms with Gasteiger partial charge in [0.1, 0.15) is 11.4 Å². The summed E-state index contributed by atoms with van der Waals surface area (Å²) in [6.45, 7) is 0. The molecule has 0 unspecified atom stereocenters. The second-order valence-electron chi connectivity index (χ2n) is 6.67. The van der Waals surface area contributed by atoms with Crippen LogP contribution in [0.4, 0.5) is 5.95 Å². The van der Waals surface area contributed by atoms with Gasteiger partial charge in [-0.05, 0) is 36.4 Å². The van der Waals surface area contributed by atoms with Gasteiger partial charge in [0.05, 0.1) is 29.2 Å². The summed E-state index contributed by atoms with van der Waals surface area (Å²) in [6.07, 6.45) is 3.16. The minimum absolute atomic E-state index is 0.0979. The lowest BCUT2D eigenvalue weighted by Gasteiger charge is -2.10. The van der Waals surface area contributed by atoms with E-state index >= 15 is 0 Å². The lowest BCUT2D eigenvalue weighted by molar-refractivity contribution is 0.102. The van der Waals surface area contributed by atoms with Crippen LogP contribution in [0.25, 0.3) is 33.6 Å². The largest absolute Gasteiger partial charge is 0.507 e. The van der Waals surface area contributed by atoms with Gasteiger partial charge in [0.15, 0.2) is 5.76 Å². The van der Waals surface area contributed by atoms with Crippen molar-refractivity contribution < 1.29 is 14.3 Å². The first kappa shape index (κ1) is 17.7. The minimum Gasteiger partial charge on any atom is -0.507 e. The molecule has 0 atom stereocenters. The smallest absolute Gasteiger partial charge is 0.258 e. The van der Waals surface area contributed by atoms with Crippen LogP contribution in [0, 0.1) is 0 Å². The Morgan fingerprint density at radius 2 is 1.87 bits per heavy atom. The number of nitrogens with zero attached hydrogens (tertiary/aromatic N) is 2. The lowest BCUT2D eigenvalue weighted by atomic mass is 10.0. The zero-order valence-electron chi connectivity index (χ0n) is 15.7. The number of para-hydroxylation sites is 2. The van der Waals surface area contributed by atoms with E-state index in [0.717, 1.165) is 0 Å². The zero-order valence-corrected chi connectivity index (χ0v) is 15.7. The maximum Gasteiger partial charge on any atom is 0.258 e. The summed E-state index contributed by atoms with van der Waals surface area (Å²) >= 11 is 0. The molecule has 2 aromatic carbocycles. The molecule has 0 saturated heterocycles. The van der Waals surface area contributed by atoms with Gasteiger partial charge in [-0.2, -0.15) is 0 Å². The van der Waals surface area contributed by atoms with Crippen molar-refractivity contribution in [3.8, 4) is 28.5 Å². The van der Waals surface area contributed by atoms with E-state index in [4.69, 9.17) is 4.42 Å². The first-order valence-corrected chi connectivity index (χ1v) is 9.27. The molecule has 5 aromatic rings. The third-order valence-electron chi connectivity index (χ3n) is 4.74. The summed E-state index contributed by atoms with van der Waals surface area (Å²) in [6, 6.07) is 19.5. The van der Waals surface area contributed by atoms with Crippen molar-refractivity contribution in [2.75, 3.05) is 5.32 Å². The lowest BCUT2D eigenvalue weighted by Crippen LogP contribution is -2.14. The molecule has 0 aliphatic rings.